The molecule has 8 heteroatoms. The van der Waals surface area contributed by atoms with Crippen molar-refractivity contribution in [1.29, 1.82) is 0 Å². The van der Waals surface area contributed by atoms with Crippen molar-refractivity contribution in [2.45, 2.75) is 12.6 Å². The summed E-state index contributed by atoms with van der Waals surface area (Å²) in [6, 6.07) is 1.79. The van der Waals surface area contributed by atoms with Gasteiger partial charge in [0, 0.05) is 33.4 Å². The molecule has 5 nitrogen and oxygen atoms in total. The van der Waals surface area contributed by atoms with Crippen molar-refractivity contribution < 1.29 is 27.4 Å². The van der Waals surface area contributed by atoms with E-state index in [-0.39, 0.29) is 24.9 Å². The Labute approximate surface area is 121 Å². The Morgan fingerprint density at radius 1 is 1.14 bits per heavy atom. The molecule has 0 aliphatic carbocycles. The quantitative estimate of drug-likeness (QED) is 0.711. The maximum atomic E-state index is 12.7. The zero-order valence-electron chi connectivity index (χ0n) is 12.0. The number of nitrogens with zero attached hydrogens (tertiary/aromatic N) is 1. The SMILES string of the molecule is CNc1cc(C(F)(F)F)cc(OCCOCCCOC)n1. The minimum absolute atomic E-state index is 0.0883. The van der Waals surface area contributed by atoms with Gasteiger partial charge in [0.05, 0.1) is 12.2 Å². The summed E-state index contributed by atoms with van der Waals surface area (Å²) in [7, 11) is 3.09. The molecule has 1 aromatic rings. The maximum absolute atomic E-state index is 12.7. The summed E-state index contributed by atoms with van der Waals surface area (Å²) in [4.78, 5) is 3.90. The minimum atomic E-state index is -4.44. The number of halogens is 3. The standard InChI is InChI=1S/C13H19F3N2O3/c1-17-11-8-10(13(14,15)16)9-12(18-11)21-7-6-20-5-3-4-19-2/h8-9H,3-7H2,1-2H3,(H,17,18). The highest BCUT2D eigenvalue weighted by Gasteiger charge is 2.31. The Morgan fingerprint density at radius 2 is 1.90 bits per heavy atom. The summed E-state index contributed by atoms with van der Waals surface area (Å²) in [6.45, 7) is 1.51. The number of hydrogen-bond acceptors (Lipinski definition) is 5. The van der Waals surface area contributed by atoms with Crippen LogP contribution in [0.5, 0.6) is 5.88 Å². The molecule has 0 saturated carbocycles. The lowest BCUT2D eigenvalue weighted by Gasteiger charge is -2.12. The van der Waals surface area contributed by atoms with Crippen LogP contribution in [0.4, 0.5) is 19.0 Å². The average Bonchev–Trinajstić information content (AvgIpc) is 2.45. The summed E-state index contributed by atoms with van der Waals surface area (Å²) in [5, 5.41) is 2.57. The first-order chi connectivity index (χ1) is 9.97. The van der Waals surface area contributed by atoms with Gasteiger partial charge in [-0.2, -0.15) is 18.2 Å². The topological polar surface area (TPSA) is 52.6 Å². The van der Waals surface area contributed by atoms with E-state index in [1.807, 2.05) is 0 Å². The molecule has 0 radical (unpaired) electrons. The predicted octanol–water partition coefficient (Wildman–Crippen LogP) is 2.57. The summed E-state index contributed by atoms with van der Waals surface area (Å²) in [5.41, 5.74) is -0.808. The molecule has 1 heterocycles. The smallest absolute Gasteiger partial charge is 0.416 e. The predicted molar refractivity (Wildman–Crippen MR) is 71.6 cm³/mol. The molecule has 0 aromatic carbocycles. The zero-order valence-corrected chi connectivity index (χ0v) is 12.0. The Hall–Kier alpha value is -1.54. The van der Waals surface area contributed by atoms with Crippen LogP contribution in [-0.4, -0.2) is 45.6 Å². The van der Waals surface area contributed by atoms with E-state index in [1.165, 1.54) is 7.05 Å². The number of nitrogens with one attached hydrogen (secondary N) is 1. The summed E-state index contributed by atoms with van der Waals surface area (Å²) in [5.74, 6) is 0.00973. The van der Waals surface area contributed by atoms with Crippen molar-refractivity contribution in [1.82, 2.24) is 4.98 Å². The van der Waals surface area contributed by atoms with Gasteiger partial charge in [0.2, 0.25) is 5.88 Å². The van der Waals surface area contributed by atoms with Gasteiger partial charge in [0.1, 0.15) is 12.4 Å². The molecule has 0 amide bonds. The number of aromatic nitrogens is 1. The van der Waals surface area contributed by atoms with Crippen LogP contribution in [0.25, 0.3) is 0 Å². The summed E-state index contributed by atoms with van der Waals surface area (Å²) >= 11 is 0. The first-order valence-corrected chi connectivity index (χ1v) is 6.44. The van der Waals surface area contributed by atoms with E-state index in [0.717, 1.165) is 18.6 Å². The second kappa shape index (κ2) is 8.68. The average molecular weight is 308 g/mol. The van der Waals surface area contributed by atoms with Gasteiger partial charge < -0.3 is 19.5 Å². The Bertz CT molecular complexity index is 428. The Kier molecular flexibility index (Phi) is 7.24. The van der Waals surface area contributed by atoms with E-state index >= 15 is 0 Å². The minimum Gasteiger partial charge on any atom is -0.475 e. The van der Waals surface area contributed by atoms with Crippen molar-refractivity contribution in [3.05, 3.63) is 17.7 Å². The number of ether oxygens (including phenoxy) is 3. The summed E-state index contributed by atoms with van der Waals surface area (Å²) < 4.78 is 53.4. The van der Waals surface area contributed by atoms with E-state index in [2.05, 4.69) is 10.3 Å². The monoisotopic (exact) mass is 308 g/mol. The van der Waals surface area contributed by atoms with Gasteiger partial charge >= 0.3 is 6.18 Å². The van der Waals surface area contributed by atoms with Crippen LogP contribution in [-0.2, 0) is 15.7 Å². The molecule has 120 valence electrons. The third kappa shape index (κ3) is 6.63. The normalized spacial score (nSPS) is 11.5. The van der Waals surface area contributed by atoms with Crippen LogP contribution in [0.15, 0.2) is 12.1 Å². The molecule has 0 fully saturated rings. The molecular formula is C13H19F3N2O3. The molecular weight excluding hydrogens is 289 g/mol. The molecule has 0 spiro atoms. The van der Waals surface area contributed by atoms with E-state index in [1.54, 1.807) is 7.11 Å². The van der Waals surface area contributed by atoms with Crippen LogP contribution >= 0.6 is 0 Å². The molecule has 0 atom stereocenters. The number of rotatable bonds is 9. The number of anilines is 1. The summed E-state index contributed by atoms with van der Waals surface area (Å²) in [6.07, 6.45) is -3.69. The molecule has 0 unspecified atom stereocenters. The highest BCUT2D eigenvalue weighted by molar-refractivity contribution is 5.42. The fourth-order valence-electron chi connectivity index (χ4n) is 1.48. The second-order valence-corrected chi connectivity index (χ2v) is 4.13. The lowest BCUT2D eigenvalue weighted by molar-refractivity contribution is -0.137. The molecule has 1 aromatic heterocycles. The molecule has 0 saturated heterocycles. The van der Waals surface area contributed by atoms with E-state index < -0.39 is 11.7 Å². The number of hydrogen-bond donors (Lipinski definition) is 1. The first-order valence-electron chi connectivity index (χ1n) is 6.44. The van der Waals surface area contributed by atoms with E-state index in [0.29, 0.717) is 13.2 Å². The van der Waals surface area contributed by atoms with Gasteiger partial charge in [0.15, 0.2) is 0 Å². The molecule has 21 heavy (non-hydrogen) atoms. The van der Waals surface area contributed by atoms with Gasteiger partial charge in [0.25, 0.3) is 0 Å². The number of pyridine rings is 1. The van der Waals surface area contributed by atoms with E-state index in [9.17, 15) is 13.2 Å². The fraction of sp³-hybridized carbons (Fsp3) is 0.615. The van der Waals surface area contributed by atoms with Crippen molar-refractivity contribution in [2.75, 3.05) is 45.9 Å². The van der Waals surface area contributed by atoms with Crippen LogP contribution < -0.4 is 10.1 Å². The molecule has 0 aliphatic rings. The highest BCUT2D eigenvalue weighted by atomic mass is 19.4. The number of methoxy groups -OCH3 is 1. The van der Waals surface area contributed by atoms with Crippen molar-refractivity contribution >= 4 is 5.82 Å². The first kappa shape index (κ1) is 17.5. The van der Waals surface area contributed by atoms with Crippen molar-refractivity contribution in [3.8, 4) is 5.88 Å². The lowest BCUT2D eigenvalue weighted by Crippen LogP contribution is -2.11. The van der Waals surface area contributed by atoms with Crippen LogP contribution in [0.2, 0.25) is 0 Å². The van der Waals surface area contributed by atoms with Gasteiger partial charge in [-0.25, -0.2) is 0 Å². The Morgan fingerprint density at radius 3 is 2.52 bits per heavy atom. The highest BCUT2D eigenvalue weighted by Crippen LogP contribution is 2.32. The van der Waals surface area contributed by atoms with Crippen LogP contribution in [0.3, 0.4) is 0 Å². The maximum Gasteiger partial charge on any atom is 0.416 e. The number of alkyl halides is 3. The van der Waals surface area contributed by atoms with Crippen molar-refractivity contribution in [2.24, 2.45) is 0 Å². The lowest BCUT2D eigenvalue weighted by atomic mass is 10.2. The van der Waals surface area contributed by atoms with Crippen LogP contribution in [0.1, 0.15) is 12.0 Å². The van der Waals surface area contributed by atoms with Crippen LogP contribution in [0, 0.1) is 0 Å². The molecule has 0 aliphatic heterocycles. The van der Waals surface area contributed by atoms with Gasteiger partial charge in [-0.3, -0.25) is 0 Å². The van der Waals surface area contributed by atoms with Gasteiger partial charge in [-0.1, -0.05) is 0 Å². The third-order valence-electron chi connectivity index (χ3n) is 2.50. The van der Waals surface area contributed by atoms with Gasteiger partial charge in [-0.15, -0.1) is 0 Å². The Balaban J connectivity index is 2.47. The molecule has 1 rings (SSSR count). The fourth-order valence-corrected chi connectivity index (χ4v) is 1.48. The second-order valence-electron chi connectivity index (χ2n) is 4.13. The van der Waals surface area contributed by atoms with E-state index in [4.69, 9.17) is 14.2 Å². The van der Waals surface area contributed by atoms with Gasteiger partial charge in [-0.05, 0) is 12.5 Å². The largest absolute Gasteiger partial charge is 0.475 e. The zero-order chi connectivity index (χ0) is 15.7. The van der Waals surface area contributed by atoms with Crippen molar-refractivity contribution in [3.63, 3.8) is 0 Å². The molecule has 0 bridgehead atoms. The third-order valence-corrected chi connectivity index (χ3v) is 2.50. The molecule has 1 N–H and O–H groups in total.